The molecule has 0 atom stereocenters. The molecule has 0 bridgehead atoms. The van der Waals surface area contributed by atoms with E-state index in [0.29, 0.717) is 23.8 Å². The number of nitrogens with zero attached hydrogens (tertiary/aromatic N) is 2. The molecule has 0 saturated carbocycles. The van der Waals surface area contributed by atoms with Crippen molar-refractivity contribution in [3.63, 3.8) is 0 Å². The average Bonchev–Trinajstić information content (AvgIpc) is 3.14. The minimum Gasteiger partial charge on any atom is -0.467 e. The number of nitrogens with one attached hydrogen (secondary N) is 2. The van der Waals surface area contributed by atoms with Crippen LogP contribution in [0.15, 0.2) is 59.5 Å². The highest BCUT2D eigenvalue weighted by Gasteiger charge is 2.10. The summed E-state index contributed by atoms with van der Waals surface area (Å²) in [6, 6.07) is 13.2. The summed E-state index contributed by atoms with van der Waals surface area (Å²) in [6.07, 6.45) is 3.85. The Balaban J connectivity index is 1.70. The first-order valence-electron chi connectivity index (χ1n) is 7.74. The molecule has 0 radical (unpaired) electrons. The molecule has 6 nitrogen and oxygen atoms in total. The van der Waals surface area contributed by atoms with Crippen molar-refractivity contribution in [3.05, 3.63) is 72.1 Å². The SMILES string of the molecule is CCc1ccccc1Nc1cc(C(=O)NCc2ccco2)ncn1. The quantitative estimate of drug-likeness (QED) is 0.728. The van der Waals surface area contributed by atoms with E-state index < -0.39 is 0 Å². The third-order valence-electron chi connectivity index (χ3n) is 3.56. The standard InChI is InChI=1S/C18H18N4O2/c1-2-13-6-3-4-8-15(13)22-17-10-16(20-12-21-17)18(23)19-11-14-7-5-9-24-14/h3-10,12H,2,11H2,1H3,(H,19,23)(H,20,21,22). The van der Waals surface area contributed by atoms with Gasteiger partial charge in [-0.05, 0) is 30.2 Å². The van der Waals surface area contributed by atoms with Gasteiger partial charge in [0, 0.05) is 11.8 Å². The van der Waals surface area contributed by atoms with E-state index in [0.717, 1.165) is 12.1 Å². The predicted molar refractivity (Wildman–Crippen MR) is 91.0 cm³/mol. The highest BCUT2D eigenvalue weighted by molar-refractivity contribution is 5.92. The number of aromatic nitrogens is 2. The number of rotatable bonds is 6. The lowest BCUT2D eigenvalue weighted by molar-refractivity contribution is 0.0943. The van der Waals surface area contributed by atoms with Crippen LogP contribution in [0.2, 0.25) is 0 Å². The van der Waals surface area contributed by atoms with Gasteiger partial charge >= 0.3 is 0 Å². The molecule has 0 unspecified atom stereocenters. The Labute approximate surface area is 140 Å². The van der Waals surface area contributed by atoms with Crippen molar-refractivity contribution in [3.8, 4) is 0 Å². The second kappa shape index (κ2) is 7.41. The Bertz CT molecular complexity index is 815. The van der Waals surface area contributed by atoms with E-state index in [9.17, 15) is 4.79 Å². The minimum absolute atomic E-state index is 0.277. The van der Waals surface area contributed by atoms with E-state index in [1.165, 1.54) is 11.9 Å². The maximum Gasteiger partial charge on any atom is 0.270 e. The van der Waals surface area contributed by atoms with Gasteiger partial charge in [0.2, 0.25) is 0 Å². The van der Waals surface area contributed by atoms with Gasteiger partial charge in [-0.25, -0.2) is 9.97 Å². The average molecular weight is 322 g/mol. The van der Waals surface area contributed by atoms with Crippen molar-refractivity contribution in [1.29, 1.82) is 0 Å². The second-order valence-electron chi connectivity index (χ2n) is 5.19. The number of hydrogen-bond donors (Lipinski definition) is 2. The summed E-state index contributed by atoms with van der Waals surface area (Å²) in [5, 5.41) is 6.00. The molecular formula is C18H18N4O2. The number of amides is 1. The van der Waals surface area contributed by atoms with Crippen molar-refractivity contribution < 1.29 is 9.21 Å². The van der Waals surface area contributed by atoms with Crippen LogP contribution in [0, 0.1) is 0 Å². The number of carbonyl (C=O) groups excluding carboxylic acids is 1. The molecule has 0 spiro atoms. The summed E-state index contributed by atoms with van der Waals surface area (Å²) in [4.78, 5) is 20.4. The van der Waals surface area contributed by atoms with Gasteiger partial charge < -0.3 is 15.1 Å². The van der Waals surface area contributed by atoms with Crippen LogP contribution in [0.25, 0.3) is 0 Å². The van der Waals surface area contributed by atoms with E-state index >= 15 is 0 Å². The Morgan fingerprint density at radius 2 is 2.04 bits per heavy atom. The van der Waals surface area contributed by atoms with E-state index in [2.05, 4.69) is 33.6 Å². The smallest absolute Gasteiger partial charge is 0.270 e. The first kappa shape index (κ1) is 15.7. The normalized spacial score (nSPS) is 10.4. The zero-order valence-corrected chi connectivity index (χ0v) is 13.3. The van der Waals surface area contributed by atoms with Crippen molar-refractivity contribution in [1.82, 2.24) is 15.3 Å². The molecule has 2 N–H and O–H groups in total. The second-order valence-corrected chi connectivity index (χ2v) is 5.19. The number of carbonyl (C=O) groups is 1. The van der Waals surface area contributed by atoms with Crippen molar-refractivity contribution in [2.75, 3.05) is 5.32 Å². The fraction of sp³-hybridized carbons (Fsp3) is 0.167. The first-order chi connectivity index (χ1) is 11.8. The monoisotopic (exact) mass is 322 g/mol. The zero-order valence-electron chi connectivity index (χ0n) is 13.3. The topological polar surface area (TPSA) is 80.0 Å². The predicted octanol–water partition coefficient (Wildman–Crippen LogP) is 3.31. The molecule has 0 aliphatic carbocycles. The van der Waals surface area contributed by atoms with Crippen LogP contribution in [-0.2, 0) is 13.0 Å². The molecule has 0 aliphatic rings. The summed E-state index contributed by atoms with van der Waals surface area (Å²) >= 11 is 0. The fourth-order valence-corrected chi connectivity index (χ4v) is 2.31. The number of para-hydroxylation sites is 1. The number of furan rings is 1. The van der Waals surface area contributed by atoms with Crippen LogP contribution in [0.3, 0.4) is 0 Å². The lowest BCUT2D eigenvalue weighted by Gasteiger charge is -2.10. The van der Waals surface area contributed by atoms with Gasteiger partial charge in [-0.2, -0.15) is 0 Å². The van der Waals surface area contributed by atoms with Crippen molar-refractivity contribution in [2.45, 2.75) is 19.9 Å². The highest BCUT2D eigenvalue weighted by atomic mass is 16.3. The summed E-state index contributed by atoms with van der Waals surface area (Å²) < 4.78 is 5.19. The molecule has 3 aromatic rings. The molecule has 0 fully saturated rings. The van der Waals surface area contributed by atoms with Crippen molar-refractivity contribution in [2.24, 2.45) is 0 Å². The summed E-state index contributed by atoms with van der Waals surface area (Å²) in [5.74, 6) is 0.988. The molecule has 2 heterocycles. The van der Waals surface area contributed by atoms with Crippen LogP contribution in [0.4, 0.5) is 11.5 Å². The van der Waals surface area contributed by atoms with E-state index in [1.54, 1.807) is 24.5 Å². The van der Waals surface area contributed by atoms with Crippen LogP contribution < -0.4 is 10.6 Å². The molecule has 2 aromatic heterocycles. The van der Waals surface area contributed by atoms with Crippen LogP contribution in [0.1, 0.15) is 28.7 Å². The maximum atomic E-state index is 12.2. The lowest BCUT2D eigenvalue weighted by atomic mass is 10.1. The fourth-order valence-electron chi connectivity index (χ4n) is 2.31. The Hall–Kier alpha value is -3.15. The molecule has 6 heteroatoms. The van der Waals surface area contributed by atoms with Crippen LogP contribution >= 0.6 is 0 Å². The number of benzene rings is 1. The van der Waals surface area contributed by atoms with Crippen LogP contribution in [-0.4, -0.2) is 15.9 Å². The number of anilines is 2. The van der Waals surface area contributed by atoms with Gasteiger partial charge in [0.1, 0.15) is 23.6 Å². The van der Waals surface area contributed by atoms with Gasteiger partial charge in [-0.1, -0.05) is 25.1 Å². The molecule has 3 rings (SSSR count). The first-order valence-corrected chi connectivity index (χ1v) is 7.74. The largest absolute Gasteiger partial charge is 0.467 e. The van der Waals surface area contributed by atoms with Gasteiger partial charge in [0.25, 0.3) is 5.91 Å². The molecular weight excluding hydrogens is 304 g/mol. The minimum atomic E-state index is -0.277. The summed E-state index contributed by atoms with van der Waals surface area (Å²) in [6.45, 7) is 2.41. The van der Waals surface area contributed by atoms with Crippen LogP contribution in [0.5, 0.6) is 0 Å². The van der Waals surface area contributed by atoms with Gasteiger partial charge in [0.05, 0.1) is 12.8 Å². The molecule has 1 aromatic carbocycles. The Kier molecular flexibility index (Phi) is 4.86. The van der Waals surface area contributed by atoms with Gasteiger partial charge in [-0.15, -0.1) is 0 Å². The molecule has 0 saturated heterocycles. The van der Waals surface area contributed by atoms with Crippen molar-refractivity contribution >= 4 is 17.4 Å². The maximum absolute atomic E-state index is 12.2. The molecule has 122 valence electrons. The molecule has 24 heavy (non-hydrogen) atoms. The number of hydrogen-bond acceptors (Lipinski definition) is 5. The third kappa shape index (κ3) is 3.78. The van der Waals surface area contributed by atoms with E-state index in [-0.39, 0.29) is 5.91 Å². The summed E-state index contributed by atoms with van der Waals surface area (Å²) in [5.41, 5.74) is 2.45. The Morgan fingerprint density at radius 3 is 2.83 bits per heavy atom. The molecule has 0 aliphatic heterocycles. The molecule has 1 amide bonds. The van der Waals surface area contributed by atoms with E-state index in [4.69, 9.17) is 4.42 Å². The Morgan fingerprint density at radius 1 is 1.17 bits per heavy atom. The summed E-state index contributed by atoms with van der Waals surface area (Å²) in [7, 11) is 0. The number of aryl methyl sites for hydroxylation is 1. The third-order valence-corrected chi connectivity index (χ3v) is 3.56. The zero-order chi connectivity index (χ0) is 16.8. The van der Waals surface area contributed by atoms with Gasteiger partial charge in [-0.3, -0.25) is 4.79 Å². The van der Waals surface area contributed by atoms with E-state index in [1.807, 2.05) is 18.2 Å². The lowest BCUT2D eigenvalue weighted by Crippen LogP contribution is -2.23. The van der Waals surface area contributed by atoms with Gasteiger partial charge in [0.15, 0.2) is 0 Å². The highest BCUT2D eigenvalue weighted by Crippen LogP contribution is 2.20.